The van der Waals surface area contributed by atoms with Crippen LogP contribution in [0.25, 0.3) is 0 Å². The molecule has 0 amide bonds. The summed E-state index contributed by atoms with van der Waals surface area (Å²) in [5.41, 5.74) is 3.22. The van der Waals surface area contributed by atoms with Crippen LogP contribution < -0.4 is 5.32 Å². The molecule has 19 heavy (non-hydrogen) atoms. The Morgan fingerprint density at radius 2 is 1.79 bits per heavy atom. The lowest BCUT2D eigenvalue weighted by molar-refractivity contribution is 0.610. The molecule has 102 valence electrons. The number of hydrogen-bond donors (Lipinski definition) is 1. The van der Waals surface area contributed by atoms with E-state index >= 15 is 0 Å². The number of aryl methyl sites for hydroxylation is 3. The van der Waals surface area contributed by atoms with E-state index in [0.717, 1.165) is 17.7 Å². The van der Waals surface area contributed by atoms with Gasteiger partial charge < -0.3 is 5.32 Å². The predicted octanol–water partition coefficient (Wildman–Crippen LogP) is 4.51. The number of benzene rings is 1. The maximum absolute atomic E-state index is 13.4. The normalized spacial score (nSPS) is 12.7. The molecular weight excluding hydrogens is 257 g/mol. The Bertz CT molecular complexity index is 551. The molecule has 1 aromatic heterocycles. The summed E-state index contributed by atoms with van der Waals surface area (Å²) in [4.78, 5) is 2.59. The molecule has 0 bridgehead atoms. The van der Waals surface area contributed by atoms with Gasteiger partial charge in [0.1, 0.15) is 5.82 Å². The van der Waals surface area contributed by atoms with Crippen LogP contribution in [0.1, 0.15) is 39.4 Å². The highest BCUT2D eigenvalue weighted by Gasteiger charge is 2.19. The minimum atomic E-state index is -0.156. The Morgan fingerprint density at radius 1 is 1.16 bits per heavy atom. The van der Waals surface area contributed by atoms with Gasteiger partial charge in [-0.15, -0.1) is 11.3 Å². The highest BCUT2D eigenvalue weighted by Crippen LogP contribution is 2.32. The van der Waals surface area contributed by atoms with E-state index in [4.69, 9.17) is 0 Å². The summed E-state index contributed by atoms with van der Waals surface area (Å²) >= 11 is 1.80. The molecular formula is C16H20FNS. The molecule has 0 saturated carbocycles. The van der Waals surface area contributed by atoms with Gasteiger partial charge in [0, 0.05) is 9.75 Å². The summed E-state index contributed by atoms with van der Waals surface area (Å²) in [5, 5.41) is 3.52. The van der Waals surface area contributed by atoms with E-state index in [1.54, 1.807) is 23.5 Å². The molecule has 3 heteroatoms. The highest BCUT2D eigenvalue weighted by molar-refractivity contribution is 7.12. The smallest absolute Gasteiger partial charge is 0.123 e. The number of thiophene rings is 1. The van der Waals surface area contributed by atoms with E-state index in [1.165, 1.54) is 15.3 Å². The first-order chi connectivity index (χ1) is 9.02. The van der Waals surface area contributed by atoms with Crippen molar-refractivity contribution >= 4 is 11.3 Å². The van der Waals surface area contributed by atoms with Gasteiger partial charge in [0.25, 0.3) is 0 Å². The van der Waals surface area contributed by atoms with Gasteiger partial charge in [-0.2, -0.15) is 0 Å². The summed E-state index contributed by atoms with van der Waals surface area (Å²) in [7, 11) is 0. The molecule has 2 aromatic rings. The first-order valence-electron chi connectivity index (χ1n) is 6.59. The fourth-order valence-corrected chi connectivity index (χ4v) is 3.50. The van der Waals surface area contributed by atoms with E-state index in [2.05, 4.69) is 31.3 Å². The largest absolute Gasteiger partial charge is 0.306 e. The van der Waals surface area contributed by atoms with Crippen molar-refractivity contribution in [3.8, 4) is 0 Å². The third-order valence-electron chi connectivity index (χ3n) is 3.30. The van der Waals surface area contributed by atoms with E-state index in [0.29, 0.717) is 0 Å². The Labute approximate surface area is 118 Å². The lowest BCUT2D eigenvalue weighted by Crippen LogP contribution is -2.23. The molecule has 1 N–H and O–H groups in total. The lowest BCUT2D eigenvalue weighted by Gasteiger charge is -2.21. The topological polar surface area (TPSA) is 12.0 Å². The maximum Gasteiger partial charge on any atom is 0.123 e. The van der Waals surface area contributed by atoms with Crippen LogP contribution in [0.15, 0.2) is 24.3 Å². The quantitative estimate of drug-likeness (QED) is 0.867. The fourth-order valence-electron chi connectivity index (χ4n) is 2.53. The van der Waals surface area contributed by atoms with Crippen LogP contribution in [0.3, 0.4) is 0 Å². The van der Waals surface area contributed by atoms with Crippen molar-refractivity contribution in [2.24, 2.45) is 0 Å². The average molecular weight is 277 g/mol. The molecule has 0 aliphatic heterocycles. The van der Waals surface area contributed by atoms with E-state index in [-0.39, 0.29) is 11.9 Å². The SMILES string of the molecule is CCNC(c1ccc(C)s1)c1c(C)cc(F)cc1C. The van der Waals surface area contributed by atoms with Crippen LogP contribution in [-0.4, -0.2) is 6.54 Å². The second-order valence-electron chi connectivity index (χ2n) is 4.89. The molecule has 0 radical (unpaired) electrons. The molecule has 2 rings (SSSR count). The van der Waals surface area contributed by atoms with Gasteiger partial charge in [-0.25, -0.2) is 4.39 Å². The lowest BCUT2D eigenvalue weighted by atomic mass is 9.95. The molecule has 1 unspecified atom stereocenters. The van der Waals surface area contributed by atoms with E-state index < -0.39 is 0 Å². The zero-order valence-corrected chi connectivity index (χ0v) is 12.7. The van der Waals surface area contributed by atoms with Gasteiger partial charge in [0.15, 0.2) is 0 Å². The predicted molar refractivity (Wildman–Crippen MR) is 80.4 cm³/mol. The second kappa shape index (κ2) is 5.85. The maximum atomic E-state index is 13.4. The summed E-state index contributed by atoms with van der Waals surface area (Å²) in [6, 6.07) is 7.69. The molecule has 0 spiro atoms. The average Bonchev–Trinajstić information content (AvgIpc) is 2.73. The molecule has 1 heterocycles. The van der Waals surface area contributed by atoms with Crippen molar-refractivity contribution in [2.45, 2.75) is 33.7 Å². The van der Waals surface area contributed by atoms with Gasteiger partial charge in [-0.05, 0) is 68.3 Å². The summed E-state index contributed by atoms with van der Waals surface area (Å²) in [6.45, 7) is 9.06. The van der Waals surface area contributed by atoms with Gasteiger partial charge in [0.2, 0.25) is 0 Å². The molecule has 0 aliphatic rings. The Kier molecular flexibility index (Phi) is 4.38. The molecule has 1 nitrogen and oxygen atoms in total. The number of halogens is 1. The first kappa shape index (κ1) is 14.2. The van der Waals surface area contributed by atoms with Crippen LogP contribution in [0, 0.1) is 26.6 Å². The van der Waals surface area contributed by atoms with Crippen molar-refractivity contribution in [3.05, 3.63) is 56.5 Å². The van der Waals surface area contributed by atoms with Crippen LogP contribution in [0.2, 0.25) is 0 Å². The van der Waals surface area contributed by atoms with Gasteiger partial charge in [-0.3, -0.25) is 0 Å². The molecule has 0 saturated heterocycles. The van der Waals surface area contributed by atoms with Crippen molar-refractivity contribution in [1.82, 2.24) is 5.32 Å². The Morgan fingerprint density at radius 3 is 2.26 bits per heavy atom. The molecule has 0 aliphatic carbocycles. The third kappa shape index (κ3) is 3.04. The minimum absolute atomic E-state index is 0.156. The number of nitrogens with one attached hydrogen (secondary N) is 1. The first-order valence-corrected chi connectivity index (χ1v) is 7.41. The Balaban J connectivity index is 2.51. The van der Waals surface area contributed by atoms with Crippen LogP contribution in [0.4, 0.5) is 4.39 Å². The summed E-state index contributed by atoms with van der Waals surface area (Å²) in [6.07, 6.45) is 0. The standard InChI is InChI=1S/C16H20FNS/c1-5-18-16(14-7-6-12(4)19-14)15-10(2)8-13(17)9-11(15)3/h6-9,16,18H,5H2,1-4H3. The highest BCUT2D eigenvalue weighted by atomic mass is 32.1. The second-order valence-corrected chi connectivity index (χ2v) is 6.21. The summed E-state index contributed by atoms with van der Waals surface area (Å²) < 4.78 is 13.4. The number of rotatable bonds is 4. The van der Waals surface area contributed by atoms with Crippen molar-refractivity contribution in [1.29, 1.82) is 0 Å². The monoisotopic (exact) mass is 277 g/mol. The fraction of sp³-hybridized carbons (Fsp3) is 0.375. The zero-order valence-electron chi connectivity index (χ0n) is 11.9. The van der Waals surface area contributed by atoms with Gasteiger partial charge in [0.05, 0.1) is 6.04 Å². The van der Waals surface area contributed by atoms with Crippen molar-refractivity contribution < 1.29 is 4.39 Å². The van der Waals surface area contributed by atoms with Gasteiger partial charge in [-0.1, -0.05) is 6.92 Å². The zero-order chi connectivity index (χ0) is 14.0. The van der Waals surface area contributed by atoms with Crippen molar-refractivity contribution in [2.75, 3.05) is 6.54 Å². The van der Waals surface area contributed by atoms with Crippen LogP contribution in [-0.2, 0) is 0 Å². The van der Waals surface area contributed by atoms with Crippen LogP contribution in [0.5, 0.6) is 0 Å². The molecule has 1 atom stereocenters. The van der Waals surface area contributed by atoms with Crippen LogP contribution >= 0.6 is 11.3 Å². The summed E-state index contributed by atoms with van der Waals surface area (Å²) in [5.74, 6) is -0.156. The number of hydrogen-bond acceptors (Lipinski definition) is 2. The van der Waals surface area contributed by atoms with Crippen molar-refractivity contribution in [3.63, 3.8) is 0 Å². The van der Waals surface area contributed by atoms with Gasteiger partial charge >= 0.3 is 0 Å². The molecule has 0 fully saturated rings. The minimum Gasteiger partial charge on any atom is -0.306 e. The molecule has 1 aromatic carbocycles. The van der Waals surface area contributed by atoms with E-state index in [1.807, 2.05) is 13.8 Å². The third-order valence-corrected chi connectivity index (χ3v) is 4.37. The van der Waals surface area contributed by atoms with E-state index in [9.17, 15) is 4.39 Å². The Hall–Kier alpha value is -1.19.